The number of nitroso groups, excluding NO2 is 2. The van der Waals surface area contributed by atoms with E-state index < -0.39 is 80.7 Å². The van der Waals surface area contributed by atoms with Crippen LogP contribution in [-0.4, -0.2) is 51.1 Å². The molecule has 0 spiro atoms. The minimum Gasteiger partial charge on any atom is -0.504 e. The maximum atomic E-state index is 11.8. The molecule has 2 unspecified atom stereocenters. The number of rotatable bonds is 6. The van der Waals surface area contributed by atoms with E-state index >= 15 is 0 Å². The van der Waals surface area contributed by atoms with E-state index in [4.69, 9.17) is 0 Å². The monoisotopic (exact) mass is 478 g/mol. The van der Waals surface area contributed by atoms with E-state index in [1.807, 2.05) is 0 Å². The highest BCUT2D eigenvalue weighted by molar-refractivity contribution is 5.72. The zero-order valence-electron chi connectivity index (χ0n) is 16.9. The molecule has 1 aliphatic carbocycles. The molecule has 2 atom stereocenters. The van der Waals surface area contributed by atoms with Gasteiger partial charge in [-0.1, -0.05) is 22.5 Å². The fraction of sp³-hybridized carbons (Fsp3) is 0.200. The van der Waals surface area contributed by atoms with Crippen LogP contribution in [0, 0.1) is 9.81 Å². The van der Waals surface area contributed by atoms with Gasteiger partial charge in [0.15, 0.2) is 23.0 Å². The van der Waals surface area contributed by atoms with E-state index in [2.05, 4.69) is 10.4 Å². The molecule has 14 heteroatoms. The smallest absolute Gasteiger partial charge is 0.208 e. The van der Waals surface area contributed by atoms with Gasteiger partial charge in [-0.25, -0.2) is 0 Å². The van der Waals surface area contributed by atoms with Crippen LogP contribution in [0.2, 0.25) is 0 Å². The molecule has 0 fully saturated rings. The van der Waals surface area contributed by atoms with Gasteiger partial charge in [-0.15, -0.1) is 9.81 Å². The Morgan fingerprint density at radius 3 is 0.941 bits per heavy atom. The van der Waals surface area contributed by atoms with E-state index in [0.717, 1.165) is 0 Å². The van der Waals surface area contributed by atoms with E-state index in [1.165, 1.54) is 12.2 Å². The number of hydrogen-bond donors (Lipinski definition) is 10. The Labute approximate surface area is 188 Å². The quantitative estimate of drug-likeness (QED) is 0.163. The molecule has 0 saturated carbocycles. The summed E-state index contributed by atoms with van der Waals surface area (Å²) in [6, 6.07) is -3.87. The molecule has 0 heterocycles. The van der Waals surface area contributed by atoms with Gasteiger partial charge in [0, 0.05) is 0 Å². The summed E-state index contributed by atoms with van der Waals surface area (Å²) in [6.07, 6.45) is 3.07. The van der Waals surface area contributed by atoms with Crippen LogP contribution in [0.25, 0.3) is 0 Å². The first-order valence-electron chi connectivity index (χ1n) is 9.42. The van der Waals surface area contributed by atoms with Crippen LogP contribution in [0.5, 0.6) is 57.5 Å². The summed E-state index contributed by atoms with van der Waals surface area (Å²) in [6.45, 7) is 0. The van der Waals surface area contributed by atoms with E-state index in [0.29, 0.717) is 0 Å². The van der Waals surface area contributed by atoms with Gasteiger partial charge in [-0.3, -0.25) is 0 Å². The van der Waals surface area contributed by atoms with Crippen LogP contribution in [-0.2, 0) is 0 Å². The van der Waals surface area contributed by atoms with Crippen LogP contribution >= 0.6 is 0 Å². The average molecular weight is 478 g/mol. The molecular formula is C20H18N2O12. The van der Waals surface area contributed by atoms with Gasteiger partial charge in [0.1, 0.15) is 12.1 Å². The summed E-state index contributed by atoms with van der Waals surface area (Å²) in [5, 5.41) is 105. The maximum Gasteiger partial charge on any atom is 0.208 e. The Morgan fingerprint density at radius 2 is 0.706 bits per heavy atom. The van der Waals surface area contributed by atoms with Gasteiger partial charge in [0.05, 0.1) is 11.1 Å². The van der Waals surface area contributed by atoms with Crippen molar-refractivity contribution in [2.75, 3.05) is 0 Å². The molecule has 0 saturated heterocycles. The van der Waals surface area contributed by atoms with E-state index in [1.54, 1.807) is 0 Å². The molecule has 0 radical (unpaired) electrons. The largest absolute Gasteiger partial charge is 0.504 e. The van der Waals surface area contributed by atoms with E-state index in [9.17, 15) is 60.9 Å². The Balaban J connectivity index is 2.25. The molecule has 1 aliphatic rings. The number of nitrogens with zero attached hydrogens (tertiary/aromatic N) is 2. The molecule has 180 valence electrons. The molecule has 0 aromatic heterocycles. The highest BCUT2D eigenvalue weighted by Gasteiger charge is 2.38. The van der Waals surface area contributed by atoms with Crippen molar-refractivity contribution in [3.05, 3.63) is 44.2 Å². The summed E-state index contributed by atoms with van der Waals surface area (Å²) < 4.78 is 0. The van der Waals surface area contributed by atoms with Crippen molar-refractivity contribution in [3.8, 4) is 57.5 Å². The molecule has 14 nitrogen and oxygen atoms in total. The second-order valence-corrected chi connectivity index (χ2v) is 7.23. The highest BCUT2D eigenvalue weighted by atomic mass is 16.4. The van der Waals surface area contributed by atoms with Crippen LogP contribution in [0.3, 0.4) is 0 Å². The van der Waals surface area contributed by atoms with Gasteiger partial charge in [-0.05, 0) is 24.0 Å². The Morgan fingerprint density at radius 1 is 0.471 bits per heavy atom. The topological polar surface area (TPSA) is 261 Å². The van der Waals surface area contributed by atoms with Crippen molar-refractivity contribution in [2.24, 2.45) is 10.4 Å². The van der Waals surface area contributed by atoms with Crippen LogP contribution in [0.15, 0.2) is 33.7 Å². The van der Waals surface area contributed by atoms with Gasteiger partial charge < -0.3 is 51.1 Å². The zero-order valence-corrected chi connectivity index (χ0v) is 16.9. The molecule has 10 N–H and O–H groups in total. The summed E-state index contributed by atoms with van der Waals surface area (Å²) >= 11 is 0. The molecule has 2 aromatic carbocycles. The maximum absolute atomic E-state index is 11.8. The molecule has 0 aliphatic heterocycles. The van der Waals surface area contributed by atoms with Crippen molar-refractivity contribution < 1.29 is 51.1 Å². The Bertz CT molecular complexity index is 1110. The first-order chi connectivity index (χ1) is 16.0. The number of phenols is 10. The van der Waals surface area contributed by atoms with Gasteiger partial charge >= 0.3 is 0 Å². The van der Waals surface area contributed by atoms with Crippen LogP contribution in [0.4, 0.5) is 0 Å². The lowest BCUT2D eigenvalue weighted by Crippen LogP contribution is -2.12. The lowest BCUT2D eigenvalue weighted by atomic mass is 9.82. The SMILES string of the molecule is O=NC(C1=CCCC=C1C(N=O)c1c(O)c(O)c(O)c(O)c1O)c1c(O)c(O)c(O)c(O)c1O. The third kappa shape index (κ3) is 3.37. The van der Waals surface area contributed by atoms with Gasteiger partial charge in [0.25, 0.3) is 0 Å². The predicted molar refractivity (Wildman–Crippen MR) is 112 cm³/mol. The summed E-state index contributed by atoms with van der Waals surface area (Å²) in [4.78, 5) is 23.6. The van der Waals surface area contributed by atoms with Crippen molar-refractivity contribution in [1.82, 2.24) is 0 Å². The highest BCUT2D eigenvalue weighted by Crippen LogP contribution is 2.58. The third-order valence-electron chi connectivity index (χ3n) is 5.39. The van der Waals surface area contributed by atoms with Gasteiger partial charge in [-0.2, -0.15) is 0 Å². The predicted octanol–water partition coefficient (Wildman–Crippen LogP) is 2.70. The van der Waals surface area contributed by atoms with Crippen LogP contribution < -0.4 is 0 Å². The fourth-order valence-corrected chi connectivity index (χ4v) is 3.71. The normalized spacial score (nSPS) is 15.2. The molecule has 0 bridgehead atoms. The number of allylic oxidation sites excluding steroid dienone is 2. The van der Waals surface area contributed by atoms with Crippen molar-refractivity contribution in [1.29, 1.82) is 0 Å². The Kier molecular flexibility index (Phi) is 5.99. The van der Waals surface area contributed by atoms with Crippen molar-refractivity contribution in [2.45, 2.75) is 24.9 Å². The second kappa shape index (κ2) is 8.57. The molecule has 34 heavy (non-hydrogen) atoms. The first kappa shape index (κ1) is 23.8. The molecule has 0 amide bonds. The summed E-state index contributed by atoms with van der Waals surface area (Å²) in [7, 11) is 0. The summed E-state index contributed by atoms with van der Waals surface area (Å²) in [5.41, 5.74) is -2.19. The third-order valence-corrected chi connectivity index (χ3v) is 5.39. The van der Waals surface area contributed by atoms with Crippen molar-refractivity contribution in [3.63, 3.8) is 0 Å². The number of hydrogen-bond acceptors (Lipinski definition) is 14. The number of benzene rings is 2. The number of aromatic hydroxyl groups is 10. The average Bonchev–Trinajstić information content (AvgIpc) is 2.84. The molecule has 2 aromatic rings. The number of phenolic OH excluding ortho intramolecular Hbond substituents is 10. The standard InChI is InChI=1S/C20H18N2O12/c23-11-7(12(24)16(28)19(31)15(11)27)9(21-33)5-3-1-2-4-6(5)10(22-34)8-13(25)17(29)20(32)18(30)14(8)26/h3-4,9-10,23-32H,1-2H2. The minimum atomic E-state index is -1.93. The fourth-order valence-electron chi connectivity index (χ4n) is 3.71. The lowest BCUT2D eigenvalue weighted by Gasteiger charge is -2.26. The summed E-state index contributed by atoms with van der Waals surface area (Å²) in [5.74, 6) is -12.6. The van der Waals surface area contributed by atoms with Gasteiger partial charge in [0.2, 0.25) is 34.5 Å². The van der Waals surface area contributed by atoms with Crippen molar-refractivity contribution >= 4 is 0 Å². The first-order valence-corrected chi connectivity index (χ1v) is 9.42. The minimum absolute atomic E-state index is 0.220. The Hall–Kier alpha value is -4.88. The zero-order chi connectivity index (χ0) is 25.5. The lowest BCUT2D eigenvalue weighted by molar-refractivity contribution is 0.321. The molecule has 3 rings (SSSR count). The van der Waals surface area contributed by atoms with Crippen LogP contribution in [0.1, 0.15) is 36.1 Å². The van der Waals surface area contributed by atoms with E-state index in [-0.39, 0.29) is 24.0 Å². The second-order valence-electron chi connectivity index (χ2n) is 7.23. The molecular weight excluding hydrogens is 460 g/mol.